The van der Waals surface area contributed by atoms with Crippen LogP contribution in [0.3, 0.4) is 0 Å². The number of carbonyl (C=O) groups excluding carboxylic acids is 2. The molecule has 0 spiro atoms. The average molecular weight is 265 g/mol. The van der Waals surface area contributed by atoms with E-state index in [1.807, 2.05) is 0 Å². The van der Waals surface area contributed by atoms with Crippen LogP contribution < -0.4 is 5.32 Å². The Bertz CT molecular complexity index is 461. The van der Waals surface area contributed by atoms with Gasteiger partial charge in [-0.2, -0.15) is 0 Å². The number of hydrogen-bond acceptors (Lipinski definition) is 4. The molecule has 2 amide bonds. The lowest BCUT2D eigenvalue weighted by Gasteiger charge is -2.33. The summed E-state index contributed by atoms with van der Waals surface area (Å²) in [5, 5.41) is 2.51. The molecule has 2 rings (SSSR count). The van der Waals surface area contributed by atoms with Crippen molar-refractivity contribution in [3.8, 4) is 0 Å². The van der Waals surface area contributed by atoms with Gasteiger partial charge in [-0.1, -0.05) is 6.92 Å². The van der Waals surface area contributed by atoms with Crippen LogP contribution in [0.5, 0.6) is 0 Å². The van der Waals surface area contributed by atoms with E-state index in [2.05, 4.69) is 17.1 Å². The summed E-state index contributed by atoms with van der Waals surface area (Å²) in [5.74, 6) is 0.244. The highest BCUT2D eigenvalue weighted by Gasteiger charge is 2.23. The number of amides is 2. The zero-order valence-electron chi connectivity index (χ0n) is 11.3. The normalized spacial score (nSPS) is 16.4. The topological polar surface area (TPSA) is 65.8 Å². The summed E-state index contributed by atoms with van der Waals surface area (Å²) < 4.78 is 5.33. The monoisotopic (exact) mass is 265 g/mol. The van der Waals surface area contributed by atoms with Gasteiger partial charge in [0.05, 0.1) is 0 Å². The minimum atomic E-state index is -0.218. The van der Waals surface area contributed by atoms with Gasteiger partial charge in [0, 0.05) is 39.2 Å². The molecule has 1 aliphatic heterocycles. The molecule has 1 aromatic heterocycles. The molecule has 1 aliphatic rings. The van der Waals surface area contributed by atoms with Gasteiger partial charge in [-0.25, -0.2) is 0 Å². The van der Waals surface area contributed by atoms with Crippen LogP contribution in [0.15, 0.2) is 16.5 Å². The van der Waals surface area contributed by atoms with Crippen LogP contribution in [0.4, 0.5) is 5.88 Å². The molecule has 1 saturated heterocycles. The van der Waals surface area contributed by atoms with Crippen molar-refractivity contribution >= 4 is 17.7 Å². The smallest absolute Gasteiger partial charge is 0.289 e. The predicted molar refractivity (Wildman–Crippen MR) is 71.0 cm³/mol. The van der Waals surface area contributed by atoms with Gasteiger partial charge in [-0.15, -0.1) is 0 Å². The molecule has 0 radical (unpaired) electrons. The fourth-order valence-electron chi connectivity index (χ4n) is 2.12. The first-order valence-corrected chi connectivity index (χ1v) is 6.49. The number of piperazine rings is 1. The predicted octanol–water partition coefficient (Wildman–Crippen LogP) is 1.02. The Morgan fingerprint density at radius 1 is 1.26 bits per heavy atom. The second-order valence-corrected chi connectivity index (χ2v) is 4.57. The number of anilines is 1. The standard InChI is InChI=1S/C13H19N3O3/c1-3-15-6-8-16(9-7-15)13(18)11-4-5-12(19-11)14-10(2)17/h4-5H,3,6-9H2,1-2H3,(H,14,17). The SMILES string of the molecule is CCN1CCN(C(=O)c2ccc(NC(C)=O)o2)CC1. The minimum Gasteiger partial charge on any atom is -0.435 e. The van der Waals surface area contributed by atoms with E-state index in [-0.39, 0.29) is 17.6 Å². The van der Waals surface area contributed by atoms with E-state index >= 15 is 0 Å². The zero-order valence-corrected chi connectivity index (χ0v) is 11.3. The molecule has 1 N–H and O–H groups in total. The second-order valence-electron chi connectivity index (χ2n) is 4.57. The summed E-state index contributed by atoms with van der Waals surface area (Å²) in [6.45, 7) is 7.72. The minimum absolute atomic E-state index is 0.118. The highest BCUT2D eigenvalue weighted by atomic mass is 16.4. The van der Waals surface area contributed by atoms with E-state index < -0.39 is 0 Å². The number of carbonyl (C=O) groups is 2. The molecular formula is C13H19N3O3. The van der Waals surface area contributed by atoms with E-state index in [4.69, 9.17) is 4.42 Å². The Kier molecular flexibility index (Phi) is 4.21. The van der Waals surface area contributed by atoms with E-state index in [9.17, 15) is 9.59 Å². The van der Waals surface area contributed by atoms with Crippen LogP contribution in [0.1, 0.15) is 24.4 Å². The molecule has 0 aromatic carbocycles. The van der Waals surface area contributed by atoms with E-state index in [1.165, 1.54) is 6.92 Å². The fourth-order valence-corrected chi connectivity index (χ4v) is 2.12. The van der Waals surface area contributed by atoms with Gasteiger partial charge < -0.3 is 14.2 Å². The number of furan rings is 1. The Morgan fingerprint density at radius 2 is 1.95 bits per heavy atom. The number of rotatable bonds is 3. The van der Waals surface area contributed by atoms with Crippen molar-refractivity contribution in [1.29, 1.82) is 0 Å². The van der Waals surface area contributed by atoms with Crippen LogP contribution in [0, 0.1) is 0 Å². The van der Waals surface area contributed by atoms with Crippen molar-refractivity contribution in [3.63, 3.8) is 0 Å². The molecule has 1 aromatic rings. The third kappa shape index (κ3) is 3.35. The van der Waals surface area contributed by atoms with Crippen molar-refractivity contribution in [1.82, 2.24) is 9.80 Å². The van der Waals surface area contributed by atoms with Crippen molar-refractivity contribution in [2.75, 3.05) is 38.0 Å². The first-order valence-electron chi connectivity index (χ1n) is 6.49. The van der Waals surface area contributed by atoms with Crippen LogP contribution >= 0.6 is 0 Å². The Hall–Kier alpha value is -1.82. The number of hydrogen-bond donors (Lipinski definition) is 1. The maximum atomic E-state index is 12.2. The van der Waals surface area contributed by atoms with E-state index in [0.717, 1.165) is 19.6 Å². The van der Waals surface area contributed by atoms with Gasteiger partial charge in [0.15, 0.2) is 11.6 Å². The number of nitrogens with zero attached hydrogens (tertiary/aromatic N) is 2. The fraction of sp³-hybridized carbons (Fsp3) is 0.538. The highest BCUT2D eigenvalue weighted by molar-refractivity contribution is 5.93. The molecule has 0 bridgehead atoms. The molecule has 6 heteroatoms. The summed E-state index contributed by atoms with van der Waals surface area (Å²) in [6, 6.07) is 3.19. The van der Waals surface area contributed by atoms with Crippen LogP contribution in [-0.2, 0) is 4.79 Å². The molecule has 0 aliphatic carbocycles. The summed E-state index contributed by atoms with van der Waals surface area (Å²) in [7, 11) is 0. The molecule has 1 fully saturated rings. The van der Waals surface area contributed by atoms with Gasteiger partial charge in [0.25, 0.3) is 5.91 Å². The summed E-state index contributed by atoms with van der Waals surface area (Å²) >= 11 is 0. The summed E-state index contributed by atoms with van der Waals surface area (Å²) in [5.41, 5.74) is 0. The number of nitrogens with one attached hydrogen (secondary N) is 1. The van der Waals surface area contributed by atoms with Gasteiger partial charge in [0.2, 0.25) is 5.91 Å². The third-order valence-electron chi connectivity index (χ3n) is 3.22. The molecule has 104 valence electrons. The first-order chi connectivity index (χ1) is 9.10. The summed E-state index contributed by atoms with van der Waals surface area (Å²) in [6.07, 6.45) is 0. The first kappa shape index (κ1) is 13.6. The molecule has 0 unspecified atom stereocenters. The Labute approximate surface area is 112 Å². The molecule has 0 atom stereocenters. The number of likely N-dealkylation sites (N-methyl/N-ethyl adjacent to an activating group) is 1. The zero-order chi connectivity index (χ0) is 13.8. The Balaban J connectivity index is 1.96. The maximum Gasteiger partial charge on any atom is 0.289 e. The molecular weight excluding hydrogens is 246 g/mol. The Morgan fingerprint density at radius 3 is 2.53 bits per heavy atom. The highest BCUT2D eigenvalue weighted by Crippen LogP contribution is 2.16. The van der Waals surface area contributed by atoms with E-state index in [1.54, 1.807) is 17.0 Å². The van der Waals surface area contributed by atoms with Gasteiger partial charge >= 0.3 is 0 Å². The van der Waals surface area contributed by atoms with Gasteiger partial charge in [-0.05, 0) is 12.6 Å². The van der Waals surface area contributed by atoms with Gasteiger partial charge in [0.1, 0.15) is 0 Å². The second kappa shape index (κ2) is 5.88. The molecule has 19 heavy (non-hydrogen) atoms. The van der Waals surface area contributed by atoms with Crippen LogP contribution in [0.2, 0.25) is 0 Å². The third-order valence-corrected chi connectivity index (χ3v) is 3.22. The summed E-state index contributed by atoms with van der Waals surface area (Å²) in [4.78, 5) is 27.2. The maximum absolute atomic E-state index is 12.2. The van der Waals surface area contributed by atoms with Crippen LogP contribution in [0.25, 0.3) is 0 Å². The van der Waals surface area contributed by atoms with Gasteiger partial charge in [-0.3, -0.25) is 14.9 Å². The van der Waals surface area contributed by atoms with Crippen molar-refractivity contribution < 1.29 is 14.0 Å². The van der Waals surface area contributed by atoms with Crippen molar-refractivity contribution in [2.24, 2.45) is 0 Å². The van der Waals surface area contributed by atoms with Crippen molar-refractivity contribution in [2.45, 2.75) is 13.8 Å². The van der Waals surface area contributed by atoms with Crippen molar-refractivity contribution in [3.05, 3.63) is 17.9 Å². The van der Waals surface area contributed by atoms with E-state index in [0.29, 0.717) is 19.0 Å². The molecule has 2 heterocycles. The lowest BCUT2D eigenvalue weighted by molar-refractivity contribution is -0.114. The molecule has 6 nitrogen and oxygen atoms in total. The largest absolute Gasteiger partial charge is 0.435 e. The van der Waals surface area contributed by atoms with Crippen LogP contribution in [-0.4, -0.2) is 54.3 Å². The molecule has 0 saturated carbocycles. The lowest BCUT2D eigenvalue weighted by Crippen LogP contribution is -2.48. The average Bonchev–Trinajstić information content (AvgIpc) is 2.85. The quantitative estimate of drug-likeness (QED) is 0.886. The lowest BCUT2D eigenvalue weighted by atomic mass is 10.3.